The lowest BCUT2D eigenvalue weighted by molar-refractivity contribution is -0.121. The van der Waals surface area contributed by atoms with Gasteiger partial charge in [0.25, 0.3) is 0 Å². The first-order chi connectivity index (χ1) is 10.5. The van der Waals surface area contributed by atoms with Gasteiger partial charge in [-0.05, 0) is 31.2 Å². The van der Waals surface area contributed by atoms with Crippen molar-refractivity contribution < 1.29 is 9.59 Å². The van der Waals surface area contributed by atoms with Crippen molar-refractivity contribution in [2.24, 2.45) is 5.73 Å². The van der Waals surface area contributed by atoms with Gasteiger partial charge in [-0.15, -0.1) is 0 Å². The minimum Gasteiger partial charge on any atom is -0.368 e. The van der Waals surface area contributed by atoms with Crippen molar-refractivity contribution in [1.29, 1.82) is 0 Å². The maximum atomic E-state index is 12.8. The maximum absolute atomic E-state index is 12.8. The standard InChI is InChI=1S/C17H19N3O2/c1-13(16(18)21)19(2)17(22)20(14-9-5-3-6-10-14)15-11-7-4-8-12-15/h3-13H,1-2H3,(H2,18,21)/t13-/m1/s1. The van der Waals surface area contributed by atoms with Gasteiger partial charge in [0.15, 0.2) is 0 Å². The Balaban J connectivity index is 2.41. The Hall–Kier alpha value is -2.82. The SMILES string of the molecule is C[C@H](C(N)=O)N(C)C(=O)N(c1ccccc1)c1ccccc1. The zero-order valence-corrected chi connectivity index (χ0v) is 12.6. The van der Waals surface area contributed by atoms with Crippen molar-refractivity contribution in [3.8, 4) is 0 Å². The average Bonchev–Trinajstić information content (AvgIpc) is 2.55. The number of anilines is 2. The van der Waals surface area contributed by atoms with Gasteiger partial charge in [-0.25, -0.2) is 4.79 Å². The number of benzene rings is 2. The molecule has 0 heterocycles. The molecule has 5 heteroatoms. The lowest BCUT2D eigenvalue weighted by atomic mass is 10.2. The largest absolute Gasteiger partial charge is 0.368 e. The molecular weight excluding hydrogens is 278 g/mol. The Morgan fingerprint density at radius 1 is 0.909 bits per heavy atom. The van der Waals surface area contributed by atoms with Crippen LogP contribution in [0.1, 0.15) is 6.92 Å². The highest BCUT2D eigenvalue weighted by molar-refractivity contribution is 6.01. The van der Waals surface area contributed by atoms with Crippen molar-refractivity contribution in [2.45, 2.75) is 13.0 Å². The summed E-state index contributed by atoms with van der Waals surface area (Å²) in [7, 11) is 1.57. The Morgan fingerprint density at radius 3 is 1.68 bits per heavy atom. The van der Waals surface area contributed by atoms with Gasteiger partial charge in [-0.3, -0.25) is 9.69 Å². The van der Waals surface area contributed by atoms with Gasteiger partial charge < -0.3 is 10.6 Å². The van der Waals surface area contributed by atoms with E-state index in [4.69, 9.17) is 5.73 Å². The van der Waals surface area contributed by atoms with Gasteiger partial charge in [0.2, 0.25) is 5.91 Å². The second-order valence-corrected chi connectivity index (χ2v) is 4.98. The fourth-order valence-electron chi connectivity index (χ4n) is 2.04. The van der Waals surface area contributed by atoms with Crippen LogP contribution in [-0.4, -0.2) is 29.9 Å². The number of likely N-dealkylation sites (N-methyl/N-ethyl adjacent to an activating group) is 1. The van der Waals surface area contributed by atoms with Crippen LogP contribution in [0.5, 0.6) is 0 Å². The van der Waals surface area contributed by atoms with Crippen LogP contribution < -0.4 is 10.6 Å². The Bertz CT molecular complexity index is 604. The second-order valence-electron chi connectivity index (χ2n) is 4.98. The van der Waals surface area contributed by atoms with Crippen LogP contribution in [0.4, 0.5) is 16.2 Å². The zero-order chi connectivity index (χ0) is 16.1. The van der Waals surface area contributed by atoms with Crippen LogP contribution >= 0.6 is 0 Å². The molecule has 5 nitrogen and oxygen atoms in total. The third kappa shape index (κ3) is 3.25. The van der Waals surface area contributed by atoms with Crippen molar-refractivity contribution in [3.63, 3.8) is 0 Å². The fraction of sp³-hybridized carbons (Fsp3) is 0.176. The molecule has 0 radical (unpaired) electrons. The minimum atomic E-state index is -0.692. The van der Waals surface area contributed by atoms with E-state index in [1.807, 2.05) is 60.7 Å². The highest BCUT2D eigenvalue weighted by atomic mass is 16.2. The molecule has 0 saturated carbocycles. The molecule has 1 atom stereocenters. The summed E-state index contributed by atoms with van der Waals surface area (Å²) in [5.41, 5.74) is 6.75. The molecule has 2 aromatic rings. The van der Waals surface area contributed by atoms with E-state index >= 15 is 0 Å². The van der Waals surface area contributed by atoms with Gasteiger partial charge in [0, 0.05) is 7.05 Å². The van der Waals surface area contributed by atoms with Crippen LogP contribution in [0.15, 0.2) is 60.7 Å². The summed E-state index contributed by atoms with van der Waals surface area (Å²) in [6.07, 6.45) is 0. The summed E-state index contributed by atoms with van der Waals surface area (Å²) in [5, 5.41) is 0. The normalized spacial score (nSPS) is 11.5. The molecule has 0 aliphatic rings. The van der Waals surface area contributed by atoms with E-state index in [9.17, 15) is 9.59 Å². The molecular formula is C17H19N3O2. The highest BCUT2D eigenvalue weighted by Crippen LogP contribution is 2.26. The quantitative estimate of drug-likeness (QED) is 0.943. The second kappa shape index (κ2) is 6.76. The molecule has 114 valence electrons. The number of para-hydroxylation sites is 2. The maximum Gasteiger partial charge on any atom is 0.329 e. The molecule has 22 heavy (non-hydrogen) atoms. The van der Waals surface area contributed by atoms with E-state index < -0.39 is 11.9 Å². The zero-order valence-electron chi connectivity index (χ0n) is 12.6. The van der Waals surface area contributed by atoms with Crippen molar-refractivity contribution in [1.82, 2.24) is 4.90 Å². The minimum absolute atomic E-state index is 0.316. The molecule has 0 aliphatic carbocycles. The Morgan fingerprint density at radius 2 is 1.32 bits per heavy atom. The lowest BCUT2D eigenvalue weighted by Crippen LogP contribution is -2.48. The van der Waals surface area contributed by atoms with Gasteiger partial charge in [-0.2, -0.15) is 0 Å². The van der Waals surface area contributed by atoms with Crippen molar-refractivity contribution in [2.75, 3.05) is 11.9 Å². The number of nitrogens with two attached hydrogens (primary N) is 1. The molecule has 3 amide bonds. The summed E-state index contributed by atoms with van der Waals surface area (Å²) >= 11 is 0. The number of primary amides is 1. The molecule has 2 N–H and O–H groups in total. The molecule has 0 fully saturated rings. The third-order valence-corrected chi connectivity index (χ3v) is 3.51. The van der Waals surface area contributed by atoms with Crippen LogP contribution in [-0.2, 0) is 4.79 Å². The fourth-order valence-corrected chi connectivity index (χ4v) is 2.04. The van der Waals surface area contributed by atoms with Gasteiger partial charge in [0.05, 0.1) is 11.4 Å². The first kappa shape index (κ1) is 15.6. The number of carbonyl (C=O) groups excluding carboxylic acids is 2. The first-order valence-electron chi connectivity index (χ1n) is 6.98. The number of carbonyl (C=O) groups is 2. The predicted molar refractivity (Wildman–Crippen MR) is 86.8 cm³/mol. The van der Waals surface area contributed by atoms with Crippen molar-refractivity contribution >= 4 is 23.3 Å². The van der Waals surface area contributed by atoms with Crippen LogP contribution in [0.2, 0.25) is 0 Å². The number of nitrogens with zero attached hydrogens (tertiary/aromatic N) is 2. The number of hydrogen-bond donors (Lipinski definition) is 1. The first-order valence-corrected chi connectivity index (χ1v) is 6.98. The smallest absolute Gasteiger partial charge is 0.329 e. The van der Waals surface area contributed by atoms with E-state index in [1.165, 1.54) is 4.90 Å². The van der Waals surface area contributed by atoms with E-state index in [0.717, 1.165) is 11.4 Å². The molecule has 0 spiro atoms. The molecule has 0 bridgehead atoms. The summed E-state index contributed by atoms with van der Waals surface area (Å²) in [4.78, 5) is 27.1. The summed E-state index contributed by atoms with van der Waals surface area (Å²) in [6, 6.07) is 17.5. The third-order valence-electron chi connectivity index (χ3n) is 3.51. The van der Waals surface area contributed by atoms with E-state index in [-0.39, 0.29) is 6.03 Å². The number of amides is 3. The van der Waals surface area contributed by atoms with Crippen LogP contribution in [0.25, 0.3) is 0 Å². The topological polar surface area (TPSA) is 66.6 Å². The number of urea groups is 1. The highest BCUT2D eigenvalue weighted by Gasteiger charge is 2.26. The Kier molecular flexibility index (Phi) is 4.78. The van der Waals surface area contributed by atoms with Crippen molar-refractivity contribution in [3.05, 3.63) is 60.7 Å². The van der Waals surface area contributed by atoms with E-state index in [2.05, 4.69) is 0 Å². The van der Waals surface area contributed by atoms with Crippen LogP contribution in [0.3, 0.4) is 0 Å². The molecule has 0 unspecified atom stereocenters. The molecule has 0 saturated heterocycles. The molecule has 2 rings (SSSR count). The number of hydrogen-bond acceptors (Lipinski definition) is 2. The monoisotopic (exact) mass is 297 g/mol. The average molecular weight is 297 g/mol. The van der Waals surface area contributed by atoms with Gasteiger partial charge in [-0.1, -0.05) is 36.4 Å². The van der Waals surface area contributed by atoms with Gasteiger partial charge >= 0.3 is 6.03 Å². The Labute approximate surface area is 129 Å². The summed E-state index contributed by atoms with van der Waals surface area (Å²) in [5.74, 6) is -0.545. The van der Waals surface area contributed by atoms with E-state index in [1.54, 1.807) is 18.9 Å². The lowest BCUT2D eigenvalue weighted by Gasteiger charge is -2.30. The summed E-state index contributed by atoms with van der Waals surface area (Å²) in [6.45, 7) is 1.61. The predicted octanol–water partition coefficient (Wildman–Crippen LogP) is 2.75. The van der Waals surface area contributed by atoms with Crippen LogP contribution in [0, 0.1) is 0 Å². The molecule has 2 aromatic carbocycles. The molecule has 0 aliphatic heterocycles. The van der Waals surface area contributed by atoms with E-state index in [0.29, 0.717) is 0 Å². The van der Waals surface area contributed by atoms with Gasteiger partial charge in [0.1, 0.15) is 6.04 Å². The summed E-state index contributed by atoms with van der Waals surface area (Å²) < 4.78 is 0. The number of rotatable bonds is 4. The molecule has 0 aromatic heterocycles.